The molecule has 8 heteroatoms. The predicted octanol–water partition coefficient (Wildman–Crippen LogP) is 3.23. The summed E-state index contributed by atoms with van der Waals surface area (Å²) in [6.07, 6.45) is 0.496. The maximum absolute atomic E-state index is 12.3. The Hall–Kier alpha value is -1.81. The first-order chi connectivity index (χ1) is 13.1. The van der Waals surface area contributed by atoms with Crippen LogP contribution in [0.2, 0.25) is 0 Å². The summed E-state index contributed by atoms with van der Waals surface area (Å²) in [5, 5.41) is 6.35. The summed E-state index contributed by atoms with van der Waals surface area (Å²) in [5.74, 6) is 1.54. The van der Waals surface area contributed by atoms with Gasteiger partial charge in [0.15, 0.2) is 15.8 Å². The van der Waals surface area contributed by atoms with Crippen LogP contribution in [0.1, 0.15) is 18.9 Å². The van der Waals surface area contributed by atoms with E-state index in [4.69, 9.17) is 4.74 Å². The standard InChI is InChI=1S/C20H27N3O3S.HI/c1-3-21-20(23-16-17-10-7-8-13-19(17)26-2)22-14-9-15-27(24,25)18-11-5-4-6-12-18;/h4-8,10-13H,3,9,14-16H2,1-2H3,(H2,21,22,23);1H. The number of aliphatic imine (C=N–C) groups is 1. The summed E-state index contributed by atoms with van der Waals surface area (Å²) in [7, 11) is -1.61. The third kappa shape index (κ3) is 7.67. The number of guanidine groups is 1. The van der Waals surface area contributed by atoms with Crippen LogP contribution in [-0.4, -0.2) is 40.3 Å². The highest BCUT2D eigenvalue weighted by molar-refractivity contribution is 14.0. The van der Waals surface area contributed by atoms with Crippen LogP contribution in [0.25, 0.3) is 0 Å². The Bertz CT molecular complexity index is 843. The van der Waals surface area contributed by atoms with Crippen LogP contribution in [0, 0.1) is 0 Å². The number of hydrogen-bond acceptors (Lipinski definition) is 4. The molecule has 0 saturated carbocycles. The van der Waals surface area contributed by atoms with Crippen molar-refractivity contribution >= 4 is 39.8 Å². The maximum atomic E-state index is 12.3. The third-order valence-electron chi connectivity index (χ3n) is 3.93. The highest BCUT2D eigenvalue weighted by Gasteiger charge is 2.13. The van der Waals surface area contributed by atoms with Gasteiger partial charge in [-0.25, -0.2) is 13.4 Å². The van der Waals surface area contributed by atoms with Crippen LogP contribution < -0.4 is 15.4 Å². The van der Waals surface area contributed by atoms with Crippen LogP contribution in [0.15, 0.2) is 64.5 Å². The number of nitrogens with zero attached hydrogens (tertiary/aromatic N) is 1. The van der Waals surface area contributed by atoms with E-state index in [0.717, 1.165) is 17.9 Å². The summed E-state index contributed by atoms with van der Waals surface area (Å²) in [6, 6.07) is 16.3. The molecular formula is C20H28IN3O3S. The average Bonchev–Trinajstić information content (AvgIpc) is 2.70. The lowest BCUT2D eigenvalue weighted by atomic mass is 10.2. The van der Waals surface area contributed by atoms with Crippen LogP contribution in [0.5, 0.6) is 5.75 Å². The Kier molecular flexibility index (Phi) is 10.9. The molecule has 0 saturated heterocycles. The highest BCUT2D eigenvalue weighted by Crippen LogP contribution is 2.17. The molecule has 0 fully saturated rings. The number of sulfone groups is 1. The monoisotopic (exact) mass is 517 g/mol. The lowest BCUT2D eigenvalue weighted by Gasteiger charge is -2.12. The first kappa shape index (κ1) is 24.2. The number of halogens is 1. The molecule has 2 aromatic rings. The second-order valence-electron chi connectivity index (χ2n) is 5.92. The zero-order chi connectivity index (χ0) is 19.5. The number of nitrogens with one attached hydrogen (secondary N) is 2. The van der Waals surface area contributed by atoms with Gasteiger partial charge in [0.2, 0.25) is 0 Å². The molecule has 2 aromatic carbocycles. The van der Waals surface area contributed by atoms with Crippen molar-refractivity contribution in [3.8, 4) is 5.75 Å². The smallest absolute Gasteiger partial charge is 0.191 e. The number of hydrogen-bond donors (Lipinski definition) is 2. The predicted molar refractivity (Wildman–Crippen MR) is 124 cm³/mol. The van der Waals surface area contributed by atoms with Gasteiger partial charge in [-0.15, -0.1) is 24.0 Å². The summed E-state index contributed by atoms with van der Waals surface area (Å²) in [6.45, 7) is 3.70. The first-order valence-corrected chi connectivity index (χ1v) is 10.6. The Morgan fingerprint density at radius 3 is 2.39 bits per heavy atom. The zero-order valence-electron chi connectivity index (χ0n) is 16.2. The lowest BCUT2D eigenvalue weighted by molar-refractivity contribution is 0.410. The van der Waals surface area contributed by atoms with E-state index >= 15 is 0 Å². The minimum Gasteiger partial charge on any atom is -0.496 e. The molecular weight excluding hydrogens is 489 g/mol. The molecule has 2 N–H and O–H groups in total. The molecule has 6 nitrogen and oxygen atoms in total. The largest absolute Gasteiger partial charge is 0.496 e. The van der Waals surface area contributed by atoms with Crippen molar-refractivity contribution in [3.05, 3.63) is 60.2 Å². The van der Waals surface area contributed by atoms with Gasteiger partial charge in [-0.3, -0.25) is 0 Å². The van der Waals surface area contributed by atoms with Crippen molar-refractivity contribution in [2.45, 2.75) is 24.8 Å². The molecule has 0 radical (unpaired) electrons. The molecule has 0 aromatic heterocycles. The number of benzene rings is 2. The third-order valence-corrected chi connectivity index (χ3v) is 5.75. The number of ether oxygens (including phenoxy) is 1. The molecule has 2 rings (SSSR count). The van der Waals surface area contributed by atoms with Gasteiger partial charge >= 0.3 is 0 Å². The molecule has 0 amide bonds. The fourth-order valence-corrected chi connectivity index (χ4v) is 3.89. The van der Waals surface area contributed by atoms with Gasteiger partial charge in [0, 0.05) is 18.7 Å². The van der Waals surface area contributed by atoms with Crippen molar-refractivity contribution in [2.75, 3.05) is 26.0 Å². The van der Waals surface area contributed by atoms with E-state index in [1.165, 1.54) is 0 Å². The minimum absolute atomic E-state index is 0. The van der Waals surface area contributed by atoms with E-state index < -0.39 is 9.84 Å². The zero-order valence-corrected chi connectivity index (χ0v) is 19.4. The molecule has 0 aliphatic carbocycles. The van der Waals surface area contributed by atoms with E-state index in [2.05, 4.69) is 15.6 Å². The van der Waals surface area contributed by atoms with Crippen molar-refractivity contribution in [3.63, 3.8) is 0 Å². The van der Waals surface area contributed by atoms with E-state index in [1.54, 1.807) is 31.4 Å². The molecule has 0 heterocycles. The second kappa shape index (κ2) is 12.6. The fourth-order valence-electron chi connectivity index (χ4n) is 2.55. The molecule has 0 unspecified atom stereocenters. The minimum atomic E-state index is -3.25. The van der Waals surface area contributed by atoms with Gasteiger partial charge in [0.05, 0.1) is 24.3 Å². The number of para-hydroxylation sites is 1. The maximum Gasteiger partial charge on any atom is 0.191 e. The Morgan fingerprint density at radius 2 is 1.71 bits per heavy atom. The summed E-state index contributed by atoms with van der Waals surface area (Å²) in [4.78, 5) is 4.91. The molecule has 0 aliphatic rings. The van der Waals surface area contributed by atoms with Crippen molar-refractivity contribution in [1.82, 2.24) is 10.6 Å². The Morgan fingerprint density at radius 1 is 1.04 bits per heavy atom. The Balaban J connectivity index is 0.00000392. The topological polar surface area (TPSA) is 79.8 Å². The molecule has 154 valence electrons. The van der Waals surface area contributed by atoms with E-state index in [-0.39, 0.29) is 29.7 Å². The van der Waals surface area contributed by atoms with Gasteiger partial charge in [-0.05, 0) is 31.5 Å². The van der Waals surface area contributed by atoms with Crippen LogP contribution in [0.4, 0.5) is 0 Å². The fraction of sp³-hybridized carbons (Fsp3) is 0.350. The van der Waals surface area contributed by atoms with Gasteiger partial charge < -0.3 is 15.4 Å². The van der Waals surface area contributed by atoms with Gasteiger partial charge in [0.1, 0.15) is 5.75 Å². The SMILES string of the molecule is CCNC(=NCc1ccccc1OC)NCCCS(=O)(=O)c1ccccc1.I. The number of methoxy groups -OCH3 is 1. The quantitative estimate of drug-likeness (QED) is 0.231. The van der Waals surface area contributed by atoms with Crippen LogP contribution in [-0.2, 0) is 16.4 Å². The summed E-state index contributed by atoms with van der Waals surface area (Å²) in [5.41, 5.74) is 0.990. The summed E-state index contributed by atoms with van der Waals surface area (Å²) < 4.78 is 29.9. The Labute approximate surface area is 184 Å². The average molecular weight is 517 g/mol. The molecule has 0 aliphatic heterocycles. The van der Waals surface area contributed by atoms with E-state index in [1.807, 2.05) is 37.3 Å². The summed E-state index contributed by atoms with van der Waals surface area (Å²) >= 11 is 0. The molecule has 28 heavy (non-hydrogen) atoms. The molecule has 0 spiro atoms. The first-order valence-electron chi connectivity index (χ1n) is 8.98. The van der Waals surface area contributed by atoms with Crippen molar-refractivity contribution in [2.24, 2.45) is 4.99 Å². The lowest BCUT2D eigenvalue weighted by Crippen LogP contribution is -2.38. The highest BCUT2D eigenvalue weighted by atomic mass is 127. The number of rotatable bonds is 9. The van der Waals surface area contributed by atoms with Crippen LogP contribution in [0.3, 0.4) is 0 Å². The second-order valence-corrected chi connectivity index (χ2v) is 8.03. The van der Waals surface area contributed by atoms with Gasteiger partial charge in [-0.1, -0.05) is 36.4 Å². The normalized spacial score (nSPS) is 11.4. The van der Waals surface area contributed by atoms with Crippen molar-refractivity contribution < 1.29 is 13.2 Å². The van der Waals surface area contributed by atoms with Gasteiger partial charge in [0.25, 0.3) is 0 Å². The van der Waals surface area contributed by atoms with Crippen LogP contribution >= 0.6 is 24.0 Å². The molecule has 0 atom stereocenters. The van der Waals surface area contributed by atoms with Gasteiger partial charge in [-0.2, -0.15) is 0 Å². The van der Waals surface area contributed by atoms with Crippen molar-refractivity contribution in [1.29, 1.82) is 0 Å². The molecule has 0 bridgehead atoms. The van der Waals surface area contributed by atoms with E-state index in [9.17, 15) is 8.42 Å². The van der Waals surface area contributed by atoms with E-state index in [0.29, 0.717) is 30.4 Å².